The van der Waals surface area contributed by atoms with Crippen LogP contribution in [0.5, 0.6) is 11.5 Å². The van der Waals surface area contributed by atoms with Crippen molar-refractivity contribution in [3.05, 3.63) is 65.4 Å². The van der Waals surface area contributed by atoms with E-state index in [1.54, 1.807) is 37.3 Å². The maximum atomic E-state index is 13.0. The number of aliphatic hydroxyl groups excluding tert-OH is 1. The minimum atomic E-state index is -0.737. The lowest BCUT2D eigenvalue weighted by molar-refractivity contribution is -0.118. The molecule has 6 heteroatoms. The molecule has 0 saturated carbocycles. The maximum absolute atomic E-state index is 13.0. The van der Waals surface area contributed by atoms with E-state index in [-0.39, 0.29) is 23.9 Å². The summed E-state index contributed by atoms with van der Waals surface area (Å²) in [6, 6.07) is 13.6. The molecule has 1 heterocycles. The zero-order valence-electron chi connectivity index (χ0n) is 17.7. The van der Waals surface area contributed by atoms with Crippen molar-refractivity contribution in [1.82, 2.24) is 0 Å². The van der Waals surface area contributed by atoms with Gasteiger partial charge in [-0.15, -0.1) is 0 Å². The van der Waals surface area contributed by atoms with Gasteiger partial charge in [0.25, 0.3) is 5.91 Å². The number of Topliss-reactive ketones (excluding diaryl/α,β-unsaturated/α-hetero) is 1. The lowest BCUT2D eigenvalue weighted by Crippen LogP contribution is -2.31. The Balaban J connectivity index is 2.09. The first-order chi connectivity index (χ1) is 14.4. The Morgan fingerprint density at radius 1 is 1.10 bits per heavy atom. The van der Waals surface area contributed by atoms with E-state index in [2.05, 4.69) is 0 Å². The molecule has 1 amide bonds. The third kappa shape index (κ3) is 4.17. The number of carbonyl (C=O) groups excluding carboxylic acids is 2. The number of carbonyl (C=O) groups is 2. The van der Waals surface area contributed by atoms with E-state index in [9.17, 15) is 14.7 Å². The average molecular weight is 409 g/mol. The molecule has 0 spiro atoms. The number of nitrogens with zero attached hydrogens (tertiary/aromatic N) is 1. The standard InChI is InChI=1S/C24H27NO5/c1-5-20(26)21-22(16-8-7-9-19(14-16)30-15(3)4)25(24(28)23(21)27)17-10-12-18(13-11-17)29-6-2/h7-15,22,27H,5-6H2,1-4H3. The number of amides is 1. The van der Waals surface area contributed by atoms with E-state index >= 15 is 0 Å². The summed E-state index contributed by atoms with van der Waals surface area (Å²) >= 11 is 0. The zero-order chi connectivity index (χ0) is 21.8. The summed E-state index contributed by atoms with van der Waals surface area (Å²) in [4.78, 5) is 27.1. The molecule has 1 unspecified atom stereocenters. The minimum absolute atomic E-state index is 0.0200. The van der Waals surface area contributed by atoms with E-state index in [0.29, 0.717) is 29.4 Å². The highest BCUT2D eigenvalue weighted by Gasteiger charge is 2.43. The normalized spacial score (nSPS) is 16.4. The highest BCUT2D eigenvalue weighted by molar-refractivity contribution is 6.16. The monoisotopic (exact) mass is 409 g/mol. The van der Waals surface area contributed by atoms with Crippen molar-refractivity contribution in [2.45, 2.75) is 46.3 Å². The van der Waals surface area contributed by atoms with Gasteiger partial charge >= 0.3 is 0 Å². The number of hydrogen-bond donors (Lipinski definition) is 1. The Kier molecular flexibility index (Phi) is 6.45. The van der Waals surface area contributed by atoms with Crippen LogP contribution in [-0.4, -0.2) is 29.5 Å². The summed E-state index contributed by atoms with van der Waals surface area (Å²) in [6.07, 6.45) is 0.163. The van der Waals surface area contributed by atoms with Gasteiger partial charge in [-0.3, -0.25) is 14.5 Å². The predicted molar refractivity (Wildman–Crippen MR) is 115 cm³/mol. The van der Waals surface area contributed by atoms with Gasteiger partial charge in [0, 0.05) is 12.1 Å². The molecule has 1 atom stereocenters. The van der Waals surface area contributed by atoms with Crippen LogP contribution in [0.15, 0.2) is 59.9 Å². The maximum Gasteiger partial charge on any atom is 0.294 e. The highest BCUT2D eigenvalue weighted by atomic mass is 16.5. The van der Waals surface area contributed by atoms with Crippen molar-refractivity contribution in [2.75, 3.05) is 11.5 Å². The Morgan fingerprint density at radius 2 is 1.80 bits per heavy atom. The molecule has 0 radical (unpaired) electrons. The molecule has 0 bridgehead atoms. The Hall–Kier alpha value is -3.28. The third-order valence-electron chi connectivity index (χ3n) is 4.80. The summed E-state index contributed by atoms with van der Waals surface area (Å²) in [5.41, 5.74) is 1.36. The van der Waals surface area contributed by atoms with Crippen molar-refractivity contribution >= 4 is 17.4 Å². The molecule has 6 nitrogen and oxygen atoms in total. The van der Waals surface area contributed by atoms with Crippen LogP contribution in [0, 0.1) is 0 Å². The quantitative estimate of drug-likeness (QED) is 0.681. The van der Waals surface area contributed by atoms with E-state index in [0.717, 1.165) is 0 Å². The molecule has 1 N–H and O–H groups in total. The van der Waals surface area contributed by atoms with Gasteiger partial charge in [-0.1, -0.05) is 19.1 Å². The van der Waals surface area contributed by atoms with Crippen molar-refractivity contribution < 1.29 is 24.2 Å². The number of anilines is 1. The van der Waals surface area contributed by atoms with Gasteiger partial charge in [-0.2, -0.15) is 0 Å². The Labute approximate surface area is 176 Å². The lowest BCUT2D eigenvalue weighted by atomic mass is 9.94. The van der Waals surface area contributed by atoms with E-state index in [1.807, 2.05) is 39.0 Å². The molecule has 0 aromatic heterocycles. The van der Waals surface area contributed by atoms with Gasteiger partial charge in [-0.05, 0) is 62.7 Å². The Bertz CT molecular complexity index is 962. The van der Waals surface area contributed by atoms with Crippen molar-refractivity contribution in [2.24, 2.45) is 0 Å². The summed E-state index contributed by atoms with van der Waals surface area (Å²) in [7, 11) is 0. The van der Waals surface area contributed by atoms with Crippen LogP contribution < -0.4 is 14.4 Å². The molecule has 158 valence electrons. The van der Waals surface area contributed by atoms with Crippen molar-refractivity contribution in [1.29, 1.82) is 0 Å². The fraction of sp³-hybridized carbons (Fsp3) is 0.333. The second kappa shape index (κ2) is 9.03. The first kappa shape index (κ1) is 21.4. The number of rotatable bonds is 8. The van der Waals surface area contributed by atoms with Crippen LogP contribution in [0.1, 0.15) is 45.7 Å². The second-order valence-electron chi connectivity index (χ2n) is 7.28. The molecule has 30 heavy (non-hydrogen) atoms. The number of hydrogen-bond acceptors (Lipinski definition) is 5. The number of benzene rings is 2. The molecule has 3 rings (SSSR count). The van der Waals surface area contributed by atoms with Crippen LogP contribution in [0.2, 0.25) is 0 Å². The van der Waals surface area contributed by atoms with E-state index in [1.165, 1.54) is 4.90 Å². The lowest BCUT2D eigenvalue weighted by Gasteiger charge is -2.27. The molecule has 0 fully saturated rings. The van der Waals surface area contributed by atoms with Gasteiger partial charge in [0.15, 0.2) is 11.5 Å². The van der Waals surface area contributed by atoms with E-state index in [4.69, 9.17) is 9.47 Å². The van der Waals surface area contributed by atoms with Gasteiger partial charge in [0.1, 0.15) is 11.5 Å². The topological polar surface area (TPSA) is 76.1 Å². The number of ether oxygens (including phenoxy) is 2. The fourth-order valence-electron chi connectivity index (χ4n) is 3.56. The first-order valence-corrected chi connectivity index (χ1v) is 10.2. The molecular formula is C24H27NO5. The Morgan fingerprint density at radius 3 is 2.40 bits per heavy atom. The first-order valence-electron chi connectivity index (χ1n) is 10.2. The molecule has 0 saturated heterocycles. The summed E-state index contributed by atoms with van der Waals surface area (Å²) in [5, 5.41) is 10.6. The molecular weight excluding hydrogens is 382 g/mol. The molecule has 2 aromatic rings. The van der Waals surface area contributed by atoms with Crippen LogP contribution in [0.25, 0.3) is 0 Å². The highest BCUT2D eigenvalue weighted by Crippen LogP contribution is 2.42. The molecule has 1 aliphatic rings. The predicted octanol–water partition coefficient (Wildman–Crippen LogP) is 4.75. The third-order valence-corrected chi connectivity index (χ3v) is 4.80. The SMILES string of the molecule is CCOc1ccc(N2C(=O)C(O)=C(C(=O)CC)C2c2cccc(OC(C)C)c2)cc1. The van der Waals surface area contributed by atoms with Gasteiger partial charge in [-0.25, -0.2) is 0 Å². The molecule has 1 aliphatic heterocycles. The van der Waals surface area contributed by atoms with Crippen molar-refractivity contribution in [3.8, 4) is 11.5 Å². The fourth-order valence-corrected chi connectivity index (χ4v) is 3.56. The zero-order valence-corrected chi connectivity index (χ0v) is 17.7. The van der Waals surface area contributed by atoms with Gasteiger partial charge in [0.2, 0.25) is 0 Å². The van der Waals surface area contributed by atoms with Crippen molar-refractivity contribution in [3.63, 3.8) is 0 Å². The minimum Gasteiger partial charge on any atom is -0.503 e. The largest absolute Gasteiger partial charge is 0.503 e. The van der Waals surface area contributed by atoms with Crippen LogP contribution in [0.4, 0.5) is 5.69 Å². The van der Waals surface area contributed by atoms with Crippen LogP contribution >= 0.6 is 0 Å². The summed E-state index contributed by atoms with van der Waals surface area (Å²) in [6.45, 7) is 7.99. The van der Waals surface area contributed by atoms with Crippen LogP contribution in [0.3, 0.4) is 0 Å². The van der Waals surface area contributed by atoms with Crippen LogP contribution in [-0.2, 0) is 9.59 Å². The summed E-state index contributed by atoms with van der Waals surface area (Å²) in [5.74, 6) is -0.0587. The second-order valence-corrected chi connectivity index (χ2v) is 7.28. The number of aliphatic hydroxyl groups is 1. The smallest absolute Gasteiger partial charge is 0.294 e. The number of ketones is 1. The van der Waals surface area contributed by atoms with Gasteiger partial charge < -0.3 is 14.6 Å². The summed E-state index contributed by atoms with van der Waals surface area (Å²) < 4.78 is 11.3. The average Bonchev–Trinajstić information content (AvgIpc) is 2.99. The molecule has 0 aliphatic carbocycles. The van der Waals surface area contributed by atoms with E-state index < -0.39 is 17.7 Å². The molecule has 2 aromatic carbocycles. The van der Waals surface area contributed by atoms with Gasteiger partial charge in [0.05, 0.1) is 24.3 Å².